The summed E-state index contributed by atoms with van der Waals surface area (Å²) in [6.45, 7) is 2.48. The van der Waals surface area contributed by atoms with Crippen LogP contribution in [0.15, 0.2) is 59.5 Å². The maximum absolute atomic E-state index is 12.5. The standard InChI is InChI=1S/C16H18N2O2S/c19-21(20,18-12-10-17-11-13-18)16-8-6-15(7-9-16)14-4-2-1-3-5-14/h1-9,17H,10-13H2. The molecule has 0 aromatic heterocycles. The lowest BCUT2D eigenvalue weighted by Gasteiger charge is -2.26. The Morgan fingerprint density at radius 2 is 1.38 bits per heavy atom. The van der Waals surface area contributed by atoms with Crippen molar-refractivity contribution in [3.05, 3.63) is 54.6 Å². The largest absolute Gasteiger partial charge is 0.314 e. The number of sulfonamides is 1. The zero-order valence-electron chi connectivity index (χ0n) is 11.7. The summed E-state index contributed by atoms with van der Waals surface area (Å²) in [4.78, 5) is 0.365. The lowest BCUT2D eigenvalue weighted by atomic mass is 10.1. The molecule has 1 heterocycles. The minimum Gasteiger partial charge on any atom is -0.314 e. The van der Waals surface area contributed by atoms with E-state index in [1.165, 1.54) is 0 Å². The molecule has 110 valence electrons. The molecule has 1 aliphatic heterocycles. The van der Waals surface area contributed by atoms with Crippen LogP contribution < -0.4 is 5.32 Å². The molecule has 5 heteroatoms. The van der Waals surface area contributed by atoms with Crippen molar-refractivity contribution in [1.82, 2.24) is 9.62 Å². The molecule has 1 N–H and O–H groups in total. The van der Waals surface area contributed by atoms with Crippen LogP contribution in [0.3, 0.4) is 0 Å². The van der Waals surface area contributed by atoms with Gasteiger partial charge >= 0.3 is 0 Å². The lowest BCUT2D eigenvalue weighted by Crippen LogP contribution is -2.46. The van der Waals surface area contributed by atoms with Crippen LogP contribution in [0.2, 0.25) is 0 Å². The highest BCUT2D eigenvalue weighted by molar-refractivity contribution is 7.89. The third-order valence-corrected chi connectivity index (χ3v) is 5.59. The van der Waals surface area contributed by atoms with E-state index >= 15 is 0 Å². The minimum absolute atomic E-state index is 0.365. The van der Waals surface area contributed by atoms with Crippen LogP contribution >= 0.6 is 0 Å². The van der Waals surface area contributed by atoms with Gasteiger partial charge in [-0.1, -0.05) is 42.5 Å². The second-order valence-corrected chi connectivity index (χ2v) is 6.98. The number of hydrogen-bond acceptors (Lipinski definition) is 3. The Labute approximate surface area is 125 Å². The van der Waals surface area contributed by atoms with Crippen LogP contribution in [0.1, 0.15) is 0 Å². The molecule has 1 aliphatic rings. The van der Waals surface area contributed by atoms with Gasteiger partial charge in [0, 0.05) is 26.2 Å². The van der Waals surface area contributed by atoms with Gasteiger partial charge in [-0.3, -0.25) is 0 Å². The summed E-state index contributed by atoms with van der Waals surface area (Å²) in [6, 6.07) is 17.1. The molecular weight excluding hydrogens is 284 g/mol. The summed E-state index contributed by atoms with van der Waals surface area (Å²) in [5, 5.41) is 3.16. The second kappa shape index (κ2) is 5.97. The summed E-state index contributed by atoms with van der Waals surface area (Å²) in [7, 11) is -3.37. The first-order chi connectivity index (χ1) is 10.2. The summed E-state index contributed by atoms with van der Waals surface area (Å²) < 4.78 is 26.6. The zero-order chi connectivity index (χ0) is 14.7. The second-order valence-electron chi connectivity index (χ2n) is 5.04. The topological polar surface area (TPSA) is 49.4 Å². The van der Waals surface area contributed by atoms with Gasteiger partial charge in [0.25, 0.3) is 0 Å². The molecule has 0 atom stereocenters. The Balaban J connectivity index is 1.87. The van der Waals surface area contributed by atoms with E-state index in [2.05, 4.69) is 5.32 Å². The highest BCUT2D eigenvalue weighted by Gasteiger charge is 2.25. The number of hydrogen-bond donors (Lipinski definition) is 1. The van der Waals surface area contributed by atoms with Crippen molar-refractivity contribution >= 4 is 10.0 Å². The summed E-state index contributed by atoms with van der Waals surface area (Å²) in [5.41, 5.74) is 2.11. The molecule has 0 aliphatic carbocycles. The Kier molecular flexibility index (Phi) is 4.05. The molecule has 2 aromatic rings. The number of nitrogens with zero attached hydrogens (tertiary/aromatic N) is 1. The van der Waals surface area contributed by atoms with Gasteiger partial charge in [-0.2, -0.15) is 4.31 Å². The molecule has 0 bridgehead atoms. The summed E-state index contributed by atoms with van der Waals surface area (Å²) in [6.07, 6.45) is 0. The van der Waals surface area contributed by atoms with E-state index < -0.39 is 10.0 Å². The Hall–Kier alpha value is -1.69. The minimum atomic E-state index is -3.37. The van der Waals surface area contributed by atoms with Gasteiger partial charge in [0.2, 0.25) is 10.0 Å². The number of piperazine rings is 1. The van der Waals surface area contributed by atoms with Crippen molar-refractivity contribution in [2.75, 3.05) is 26.2 Å². The van der Waals surface area contributed by atoms with Crippen LogP contribution in [0.25, 0.3) is 11.1 Å². The number of nitrogens with one attached hydrogen (secondary N) is 1. The summed E-state index contributed by atoms with van der Waals surface area (Å²) in [5.74, 6) is 0. The van der Waals surface area contributed by atoms with Crippen molar-refractivity contribution in [3.63, 3.8) is 0 Å². The Bertz CT molecular complexity index is 691. The molecule has 1 saturated heterocycles. The fourth-order valence-corrected chi connectivity index (χ4v) is 3.93. The predicted molar refractivity (Wildman–Crippen MR) is 83.5 cm³/mol. The molecule has 0 amide bonds. The first-order valence-electron chi connectivity index (χ1n) is 7.04. The van der Waals surface area contributed by atoms with Crippen LogP contribution in [0.4, 0.5) is 0 Å². The third-order valence-electron chi connectivity index (χ3n) is 3.68. The van der Waals surface area contributed by atoms with Crippen LogP contribution in [-0.4, -0.2) is 38.9 Å². The molecule has 3 rings (SSSR count). The fraction of sp³-hybridized carbons (Fsp3) is 0.250. The molecule has 0 spiro atoms. The van der Waals surface area contributed by atoms with Crippen molar-refractivity contribution in [2.24, 2.45) is 0 Å². The van der Waals surface area contributed by atoms with E-state index in [0.717, 1.165) is 11.1 Å². The van der Waals surface area contributed by atoms with Gasteiger partial charge in [0.05, 0.1) is 4.90 Å². The first kappa shape index (κ1) is 14.3. The van der Waals surface area contributed by atoms with E-state index in [-0.39, 0.29) is 0 Å². The smallest absolute Gasteiger partial charge is 0.243 e. The normalized spacial score (nSPS) is 16.8. The predicted octanol–water partition coefficient (Wildman–Crippen LogP) is 1.95. The van der Waals surface area contributed by atoms with Crippen molar-refractivity contribution in [1.29, 1.82) is 0 Å². The van der Waals surface area contributed by atoms with Crippen molar-refractivity contribution in [3.8, 4) is 11.1 Å². The molecule has 0 unspecified atom stereocenters. The van der Waals surface area contributed by atoms with E-state index in [9.17, 15) is 8.42 Å². The number of benzene rings is 2. The first-order valence-corrected chi connectivity index (χ1v) is 8.48. The third kappa shape index (κ3) is 3.00. The van der Waals surface area contributed by atoms with Gasteiger partial charge in [0.1, 0.15) is 0 Å². The maximum Gasteiger partial charge on any atom is 0.243 e. The van der Waals surface area contributed by atoms with Gasteiger partial charge in [-0.15, -0.1) is 0 Å². The van der Waals surface area contributed by atoms with Crippen LogP contribution in [-0.2, 0) is 10.0 Å². The van der Waals surface area contributed by atoms with Crippen molar-refractivity contribution in [2.45, 2.75) is 4.90 Å². The van der Waals surface area contributed by atoms with E-state index in [0.29, 0.717) is 31.1 Å². The van der Waals surface area contributed by atoms with Gasteiger partial charge in [-0.05, 0) is 23.3 Å². The molecule has 1 fully saturated rings. The van der Waals surface area contributed by atoms with E-state index in [4.69, 9.17) is 0 Å². The zero-order valence-corrected chi connectivity index (χ0v) is 12.5. The molecule has 0 saturated carbocycles. The maximum atomic E-state index is 12.5. The van der Waals surface area contributed by atoms with Crippen LogP contribution in [0.5, 0.6) is 0 Å². The van der Waals surface area contributed by atoms with Gasteiger partial charge in [0.15, 0.2) is 0 Å². The fourth-order valence-electron chi connectivity index (χ4n) is 2.48. The highest BCUT2D eigenvalue weighted by Crippen LogP contribution is 2.22. The monoisotopic (exact) mass is 302 g/mol. The Morgan fingerprint density at radius 3 is 2.00 bits per heavy atom. The van der Waals surface area contributed by atoms with E-state index in [1.807, 2.05) is 42.5 Å². The summed E-state index contributed by atoms with van der Waals surface area (Å²) >= 11 is 0. The lowest BCUT2D eigenvalue weighted by molar-refractivity contribution is 0.360. The average molecular weight is 302 g/mol. The molecule has 21 heavy (non-hydrogen) atoms. The van der Waals surface area contributed by atoms with E-state index in [1.54, 1.807) is 16.4 Å². The van der Waals surface area contributed by atoms with Crippen molar-refractivity contribution < 1.29 is 8.42 Å². The molecule has 4 nitrogen and oxygen atoms in total. The molecule has 2 aromatic carbocycles. The Morgan fingerprint density at radius 1 is 0.810 bits per heavy atom. The SMILES string of the molecule is O=S(=O)(c1ccc(-c2ccccc2)cc1)N1CCNCC1. The average Bonchev–Trinajstić information content (AvgIpc) is 2.57. The quantitative estimate of drug-likeness (QED) is 0.943. The van der Waals surface area contributed by atoms with Gasteiger partial charge in [-0.25, -0.2) is 8.42 Å². The molecular formula is C16H18N2O2S. The number of rotatable bonds is 3. The molecule has 0 radical (unpaired) electrons. The highest BCUT2D eigenvalue weighted by atomic mass is 32.2. The van der Waals surface area contributed by atoms with Crippen LogP contribution in [0, 0.1) is 0 Å². The van der Waals surface area contributed by atoms with Gasteiger partial charge < -0.3 is 5.32 Å².